The van der Waals surface area contributed by atoms with E-state index in [1.54, 1.807) is 46.2 Å². The largest absolute Gasteiger partial charge is 0.464 e. The number of methoxy groups -OCH3 is 1. The molecular weight excluding hydrogens is 346 g/mol. The van der Waals surface area contributed by atoms with Crippen molar-refractivity contribution in [3.8, 4) is 0 Å². The quantitative estimate of drug-likeness (QED) is 0.597. The van der Waals surface area contributed by atoms with Gasteiger partial charge in [-0.3, -0.25) is 14.6 Å². The lowest BCUT2D eigenvalue weighted by Gasteiger charge is -2.24. The molecule has 0 radical (unpaired) electrons. The average Bonchev–Trinajstić information content (AvgIpc) is 2.94. The van der Waals surface area contributed by atoms with Crippen LogP contribution in [-0.2, 0) is 16.1 Å². The van der Waals surface area contributed by atoms with Crippen molar-refractivity contribution in [2.45, 2.75) is 34.2 Å². The molecule has 7 heteroatoms. The molecule has 0 saturated heterocycles. The Bertz CT molecular complexity index is 840. The number of ether oxygens (including phenoxy) is 1. The lowest BCUT2D eigenvalue weighted by atomic mass is 10.0. The summed E-state index contributed by atoms with van der Waals surface area (Å²) in [6, 6.07) is 3.65. The molecule has 0 aliphatic rings. The van der Waals surface area contributed by atoms with Gasteiger partial charge in [-0.05, 0) is 31.0 Å². The first-order valence-electron chi connectivity index (χ1n) is 8.74. The lowest BCUT2D eigenvalue weighted by Crippen LogP contribution is -2.38. The van der Waals surface area contributed by atoms with Gasteiger partial charge in [-0.1, -0.05) is 19.9 Å². The minimum Gasteiger partial charge on any atom is -0.464 e. The summed E-state index contributed by atoms with van der Waals surface area (Å²) in [6.45, 7) is 7.23. The number of pyridine rings is 1. The number of hydrogen-bond acceptors (Lipinski definition) is 5. The van der Waals surface area contributed by atoms with E-state index in [-0.39, 0.29) is 29.8 Å². The van der Waals surface area contributed by atoms with Gasteiger partial charge >= 0.3 is 5.97 Å². The summed E-state index contributed by atoms with van der Waals surface area (Å²) in [5.74, 6) is -1.12. The average molecular weight is 371 g/mol. The van der Waals surface area contributed by atoms with E-state index < -0.39 is 5.97 Å². The van der Waals surface area contributed by atoms with Crippen LogP contribution < -0.4 is 0 Å². The Morgan fingerprint density at radius 2 is 1.96 bits per heavy atom. The van der Waals surface area contributed by atoms with Crippen LogP contribution in [0.15, 0.2) is 24.5 Å². The van der Waals surface area contributed by atoms with Gasteiger partial charge in [0.15, 0.2) is 5.78 Å². The van der Waals surface area contributed by atoms with E-state index in [4.69, 9.17) is 4.74 Å². The van der Waals surface area contributed by atoms with Gasteiger partial charge in [-0.2, -0.15) is 0 Å². The lowest BCUT2D eigenvalue weighted by molar-refractivity contribution is -0.134. The van der Waals surface area contributed by atoms with Crippen molar-refractivity contribution in [1.29, 1.82) is 0 Å². The minimum absolute atomic E-state index is 0.0773. The van der Waals surface area contributed by atoms with Gasteiger partial charge in [-0.15, -0.1) is 0 Å². The summed E-state index contributed by atoms with van der Waals surface area (Å²) >= 11 is 0. The molecule has 144 valence electrons. The van der Waals surface area contributed by atoms with Crippen molar-refractivity contribution in [3.05, 3.63) is 52.6 Å². The van der Waals surface area contributed by atoms with Gasteiger partial charge in [0.05, 0.1) is 13.7 Å². The topological polar surface area (TPSA) is 92.4 Å². The summed E-state index contributed by atoms with van der Waals surface area (Å²) in [7, 11) is 1.29. The highest BCUT2D eigenvalue weighted by molar-refractivity contribution is 6.04. The molecule has 0 aliphatic heterocycles. The van der Waals surface area contributed by atoms with Crippen molar-refractivity contribution in [3.63, 3.8) is 0 Å². The Morgan fingerprint density at radius 1 is 1.26 bits per heavy atom. The van der Waals surface area contributed by atoms with Crippen LogP contribution in [0.3, 0.4) is 0 Å². The summed E-state index contributed by atoms with van der Waals surface area (Å²) in [6.07, 6.45) is 3.33. The summed E-state index contributed by atoms with van der Waals surface area (Å²) in [5.41, 5.74) is 2.63. The zero-order valence-corrected chi connectivity index (χ0v) is 16.3. The highest BCUT2D eigenvalue weighted by Crippen LogP contribution is 2.20. The van der Waals surface area contributed by atoms with Gasteiger partial charge < -0.3 is 14.6 Å². The number of aromatic amines is 1. The summed E-state index contributed by atoms with van der Waals surface area (Å²) in [4.78, 5) is 45.9. The highest BCUT2D eigenvalue weighted by Gasteiger charge is 2.26. The minimum atomic E-state index is -0.528. The standard InChI is InChI=1S/C20H25N3O4/c1-12(2)19(25)23(10-15-7-6-8-21-9-15)11-16(24)17-13(3)18(20(26)27-5)22-14(17)4/h6-9,12,22H,10-11H2,1-5H3. The molecule has 0 unspecified atom stereocenters. The van der Waals surface area contributed by atoms with Gasteiger partial charge in [0.25, 0.3) is 0 Å². The fraction of sp³-hybridized carbons (Fsp3) is 0.400. The SMILES string of the molecule is COC(=O)c1[nH]c(C)c(C(=O)CN(Cc2cccnc2)C(=O)C(C)C)c1C. The Labute approximate surface area is 158 Å². The number of nitrogens with one attached hydrogen (secondary N) is 1. The number of hydrogen-bond donors (Lipinski definition) is 1. The van der Waals surface area contributed by atoms with Crippen LogP contribution in [-0.4, -0.2) is 46.2 Å². The molecule has 0 saturated carbocycles. The fourth-order valence-electron chi connectivity index (χ4n) is 3.02. The smallest absolute Gasteiger partial charge is 0.354 e. The maximum Gasteiger partial charge on any atom is 0.354 e. The molecular formula is C20H25N3O4. The first kappa shape index (κ1) is 20.4. The van der Waals surface area contributed by atoms with Gasteiger partial charge in [0, 0.05) is 36.1 Å². The molecule has 1 amide bonds. The van der Waals surface area contributed by atoms with Crippen LogP contribution in [0, 0.1) is 19.8 Å². The highest BCUT2D eigenvalue weighted by atomic mass is 16.5. The fourth-order valence-corrected chi connectivity index (χ4v) is 3.02. The number of aromatic nitrogens is 2. The number of Topliss-reactive ketones (excluding diaryl/α,β-unsaturated/α-hetero) is 1. The Kier molecular flexibility index (Phi) is 6.50. The zero-order valence-electron chi connectivity index (χ0n) is 16.3. The zero-order chi connectivity index (χ0) is 20.1. The Morgan fingerprint density at radius 3 is 2.52 bits per heavy atom. The maximum atomic E-state index is 13.0. The first-order chi connectivity index (χ1) is 12.8. The molecule has 0 aliphatic carbocycles. The third kappa shape index (κ3) is 4.61. The number of nitrogens with zero attached hydrogens (tertiary/aromatic N) is 2. The molecule has 0 fully saturated rings. The predicted octanol–water partition coefficient (Wildman–Crippen LogP) is 2.68. The molecule has 2 rings (SSSR count). The molecule has 7 nitrogen and oxygen atoms in total. The molecule has 1 N–H and O–H groups in total. The van der Waals surface area contributed by atoms with Crippen molar-refractivity contribution >= 4 is 17.7 Å². The van der Waals surface area contributed by atoms with Gasteiger partial charge in [0.1, 0.15) is 5.69 Å². The van der Waals surface area contributed by atoms with Crippen LogP contribution in [0.4, 0.5) is 0 Å². The molecule has 2 aromatic rings. The number of esters is 1. The van der Waals surface area contributed by atoms with E-state index in [1.165, 1.54) is 12.0 Å². The molecule has 0 aromatic carbocycles. The Hall–Kier alpha value is -2.96. The van der Waals surface area contributed by atoms with Crippen LogP contribution in [0.5, 0.6) is 0 Å². The second kappa shape index (κ2) is 8.62. The van der Waals surface area contributed by atoms with E-state index in [2.05, 4.69) is 9.97 Å². The van der Waals surface area contributed by atoms with E-state index in [9.17, 15) is 14.4 Å². The second-order valence-electron chi connectivity index (χ2n) is 6.75. The van der Waals surface area contributed by atoms with Crippen LogP contribution in [0.25, 0.3) is 0 Å². The van der Waals surface area contributed by atoms with Crippen molar-refractivity contribution in [2.24, 2.45) is 5.92 Å². The Balaban J connectivity index is 2.29. The number of carbonyl (C=O) groups is 3. The summed E-state index contributed by atoms with van der Waals surface area (Å²) in [5, 5.41) is 0. The van der Waals surface area contributed by atoms with Crippen LogP contribution in [0.2, 0.25) is 0 Å². The number of amides is 1. The van der Waals surface area contributed by atoms with Crippen molar-refractivity contribution < 1.29 is 19.1 Å². The van der Waals surface area contributed by atoms with Crippen molar-refractivity contribution in [1.82, 2.24) is 14.9 Å². The number of ketones is 1. The third-order valence-electron chi connectivity index (χ3n) is 4.34. The van der Waals surface area contributed by atoms with E-state index in [1.807, 2.05) is 6.07 Å². The molecule has 0 atom stereocenters. The first-order valence-corrected chi connectivity index (χ1v) is 8.74. The molecule has 0 spiro atoms. The van der Waals surface area contributed by atoms with Crippen LogP contribution in [0.1, 0.15) is 51.5 Å². The molecule has 0 bridgehead atoms. The van der Waals surface area contributed by atoms with Crippen molar-refractivity contribution in [2.75, 3.05) is 13.7 Å². The number of aryl methyl sites for hydroxylation is 1. The molecule has 2 heterocycles. The predicted molar refractivity (Wildman–Crippen MR) is 100 cm³/mol. The van der Waals surface area contributed by atoms with Gasteiger partial charge in [0.2, 0.25) is 5.91 Å². The van der Waals surface area contributed by atoms with Gasteiger partial charge in [-0.25, -0.2) is 4.79 Å². The third-order valence-corrected chi connectivity index (χ3v) is 4.34. The molecule has 2 aromatic heterocycles. The number of carbonyl (C=O) groups excluding carboxylic acids is 3. The van der Waals surface area contributed by atoms with Crippen LogP contribution >= 0.6 is 0 Å². The molecule has 27 heavy (non-hydrogen) atoms. The number of H-pyrrole nitrogens is 1. The maximum absolute atomic E-state index is 13.0. The van der Waals surface area contributed by atoms with E-state index in [0.29, 0.717) is 23.4 Å². The summed E-state index contributed by atoms with van der Waals surface area (Å²) < 4.78 is 4.74. The van der Waals surface area contributed by atoms with E-state index >= 15 is 0 Å². The number of rotatable bonds is 7. The normalized spacial score (nSPS) is 10.7. The van der Waals surface area contributed by atoms with E-state index in [0.717, 1.165) is 5.56 Å². The monoisotopic (exact) mass is 371 g/mol. The second-order valence-corrected chi connectivity index (χ2v) is 6.75.